The number of hydrogen-bond donors (Lipinski definition) is 1. The van der Waals surface area contributed by atoms with Crippen LogP contribution < -0.4 is 15.2 Å². The van der Waals surface area contributed by atoms with Crippen LogP contribution >= 0.6 is 0 Å². The molecule has 1 amide bonds. The van der Waals surface area contributed by atoms with E-state index in [0.29, 0.717) is 11.5 Å². The number of carbonyl (C=O) groups is 1. The predicted octanol–water partition coefficient (Wildman–Crippen LogP) is 0.931. The molecule has 1 rings (SSSR count). The predicted molar refractivity (Wildman–Crippen MR) is 60.2 cm³/mol. The Labute approximate surface area is 94.3 Å². The third-order valence-corrected chi connectivity index (χ3v) is 1.85. The Kier molecular flexibility index (Phi) is 4.22. The molecular weight excluding hydrogens is 206 g/mol. The fourth-order valence-electron chi connectivity index (χ4n) is 1.11. The van der Waals surface area contributed by atoms with Crippen LogP contribution in [0.25, 0.3) is 0 Å². The van der Waals surface area contributed by atoms with E-state index in [-0.39, 0.29) is 6.42 Å². The summed E-state index contributed by atoms with van der Waals surface area (Å²) in [6.45, 7) is 0. The second-order valence-electron chi connectivity index (χ2n) is 3.05. The summed E-state index contributed by atoms with van der Waals surface area (Å²) in [5, 5.41) is 0. The Hall–Kier alpha value is -2.15. The Morgan fingerprint density at radius 2 is 1.81 bits per heavy atom. The summed E-state index contributed by atoms with van der Waals surface area (Å²) in [7, 11) is 3.13. The van der Waals surface area contributed by atoms with E-state index in [1.54, 1.807) is 32.4 Å². The number of methoxy groups -OCH3 is 2. The maximum atomic E-state index is 10.5. The maximum Gasteiger partial charge on any atom is 0.229 e. The average molecular weight is 219 g/mol. The van der Waals surface area contributed by atoms with Gasteiger partial charge in [-0.15, -0.1) is 0 Å². The molecule has 2 N–H and O–H groups in total. The van der Waals surface area contributed by atoms with E-state index in [4.69, 9.17) is 15.2 Å². The van der Waals surface area contributed by atoms with E-state index in [2.05, 4.69) is 11.8 Å². The topological polar surface area (TPSA) is 61.5 Å². The summed E-state index contributed by atoms with van der Waals surface area (Å²) < 4.78 is 10.2. The second kappa shape index (κ2) is 5.66. The van der Waals surface area contributed by atoms with Crippen molar-refractivity contribution >= 4 is 5.91 Å². The van der Waals surface area contributed by atoms with Crippen LogP contribution in [-0.2, 0) is 4.79 Å². The van der Waals surface area contributed by atoms with Crippen molar-refractivity contribution in [1.82, 2.24) is 0 Å². The first kappa shape index (κ1) is 11.9. The van der Waals surface area contributed by atoms with E-state index >= 15 is 0 Å². The van der Waals surface area contributed by atoms with Crippen LogP contribution in [0.3, 0.4) is 0 Å². The van der Waals surface area contributed by atoms with Crippen LogP contribution in [0, 0.1) is 11.8 Å². The lowest BCUT2D eigenvalue weighted by molar-refractivity contribution is -0.117. The molecule has 4 heteroatoms. The van der Waals surface area contributed by atoms with E-state index in [1.807, 2.05) is 0 Å². The third-order valence-electron chi connectivity index (χ3n) is 1.85. The summed E-state index contributed by atoms with van der Waals surface area (Å²) in [6, 6.07) is 5.27. The van der Waals surface area contributed by atoms with Crippen LogP contribution in [0.1, 0.15) is 12.0 Å². The van der Waals surface area contributed by atoms with Gasteiger partial charge in [0.05, 0.1) is 20.6 Å². The van der Waals surface area contributed by atoms with E-state index in [9.17, 15) is 4.79 Å². The molecule has 0 heterocycles. The van der Waals surface area contributed by atoms with Gasteiger partial charge in [0.1, 0.15) is 11.5 Å². The molecule has 0 aliphatic heterocycles. The number of carbonyl (C=O) groups excluding carboxylic acids is 1. The number of amides is 1. The molecule has 0 saturated carbocycles. The van der Waals surface area contributed by atoms with Gasteiger partial charge in [-0.25, -0.2) is 0 Å². The van der Waals surface area contributed by atoms with Gasteiger partial charge in [-0.05, 0) is 12.1 Å². The minimum atomic E-state index is -0.442. The first-order chi connectivity index (χ1) is 7.65. The standard InChI is InChI=1S/C12H13NO3/c1-15-10-6-9(4-3-5-12(13)14)7-11(8-10)16-2/h6-8H,5H2,1-2H3,(H2,13,14). The van der Waals surface area contributed by atoms with Crippen LogP contribution in [0.2, 0.25) is 0 Å². The molecular formula is C12H13NO3. The highest BCUT2D eigenvalue weighted by Gasteiger charge is 1.99. The molecule has 0 atom stereocenters. The highest BCUT2D eigenvalue weighted by atomic mass is 16.5. The SMILES string of the molecule is COc1cc(C#CCC(N)=O)cc(OC)c1. The van der Waals surface area contributed by atoms with Crippen molar-refractivity contribution in [3.63, 3.8) is 0 Å². The van der Waals surface area contributed by atoms with Crippen LogP contribution in [0.4, 0.5) is 0 Å². The lowest BCUT2D eigenvalue weighted by Crippen LogP contribution is -2.08. The minimum Gasteiger partial charge on any atom is -0.497 e. The molecule has 0 aromatic heterocycles. The van der Waals surface area contributed by atoms with Gasteiger partial charge in [0.15, 0.2) is 0 Å². The van der Waals surface area contributed by atoms with Crippen molar-refractivity contribution in [3.8, 4) is 23.3 Å². The first-order valence-corrected chi connectivity index (χ1v) is 4.66. The quantitative estimate of drug-likeness (QED) is 0.769. The summed E-state index contributed by atoms with van der Waals surface area (Å²) in [5.41, 5.74) is 5.70. The van der Waals surface area contributed by atoms with Crippen molar-refractivity contribution in [1.29, 1.82) is 0 Å². The van der Waals surface area contributed by atoms with Crippen molar-refractivity contribution in [2.75, 3.05) is 14.2 Å². The minimum absolute atomic E-state index is 0.0412. The van der Waals surface area contributed by atoms with Gasteiger partial charge in [0.25, 0.3) is 0 Å². The summed E-state index contributed by atoms with van der Waals surface area (Å²) in [5.74, 6) is 6.35. The van der Waals surface area contributed by atoms with Crippen LogP contribution in [0.15, 0.2) is 18.2 Å². The molecule has 0 saturated heterocycles. The van der Waals surface area contributed by atoms with Gasteiger partial charge in [0.2, 0.25) is 5.91 Å². The van der Waals surface area contributed by atoms with Crippen molar-refractivity contribution in [2.24, 2.45) is 5.73 Å². The Morgan fingerprint density at radius 1 is 1.25 bits per heavy atom. The lowest BCUT2D eigenvalue weighted by atomic mass is 10.2. The monoisotopic (exact) mass is 219 g/mol. The number of benzene rings is 1. The number of ether oxygens (including phenoxy) is 2. The molecule has 1 aromatic carbocycles. The summed E-state index contributed by atoms with van der Waals surface area (Å²) >= 11 is 0. The molecule has 0 aliphatic carbocycles. The molecule has 4 nitrogen and oxygen atoms in total. The molecule has 0 bridgehead atoms. The largest absolute Gasteiger partial charge is 0.497 e. The van der Waals surface area contributed by atoms with Gasteiger partial charge in [-0.2, -0.15) is 0 Å². The molecule has 0 unspecified atom stereocenters. The highest BCUT2D eigenvalue weighted by Crippen LogP contribution is 2.21. The fourth-order valence-corrected chi connectivity index (χ4v) is 1.11. The molecule has 0 spiro atoms. The van der Waals surface area contributed by atoms with Crippen LogP contribution in [0.5, 0.6) is 11.5 Å². The maximum absolute atomic E-state index is 10.5. The van der Waals surface area contributed by atoms with Crippen molar-refractivity contribution in [3.05, 3.63) is 23.8 Å². The Balaban J connectivity index is 2.93. The van der Waals surface area contributed by atoms with Crippen molar-refractivity contribution in [2.45, 2.75) is 6.42 Å². The molecule has 0 fully saturated rings. The molecule has 1 aromatic rings. The van der Waals surface area contributed by atoms with Crippen LogP contribution in [-0.4, -0.2) is 20.1 Å². The number of hydrogen-bond acceptors (Lipinski definition) is 3. The third kappa shape index (κ3) is 3.54. The zero-order valence-electron chi connectivity index (χ0n) is 9.24. The molecule has 0 radical (unpaired) electrons. The molecule has 16 heavy (non-hydrogen) atoms. The smallest absolute Gasteiger partial charge is 0.229 e. The lowest BCUT2D eigenvalue weighted by Gasteiger charge is -2.04. The second-order valence-corrected chi connectivity index (χ2v) is 3.05. The first-order valence-electron chi connectivity index (χ1n) is 4.66. The normalized spacial score (nSPS) is 8.88. The fraction of sp³-hybridized carbons (Fsp3) is 0.250. The Morgan fingerprint density at radius 3 is 2.25 bits per heavy atom. The van der Waals surface area contributed by atoms with Gasteiger partial charge >= 0.3 is 0 Å². The summed E-state index contributed by atoms with van der Waals surface area (Å²) in [6.07, 6.45) is 0.0412. The van der Waals surface area contributed by atoms with Gasteiger partial charge in [-0.1, -0.05) is 11.8 Å². The molecule has 0 aliphatic rings. The summed E-state index contributed by atoms with van der Waals surface area (Å²) in [4.78, 5) is 10.5. The van der Waals surface area contributed by atoms with E-state index in [0.717, 1.165) is 5.56 Å². The zero-order valence-corrected chi connectivity index (χ0v) is 9.24. The Bertz CT molecular complexity index is 421. The van der Waals surface area contributed by atoms with Gasteiger partial charge in [-0.3, -0.25) is 4.79 Å². The van der Waals surface area contributed by atoms with Crippen molar-refractivity contribution < 1.29 is 14.3 Å². The average Bonchev–Trinajstić information content (AvgIpc) is 2.28. The van der Waals surface area contributed by atoms with E-state index < -0.39 is 5.91 Å². The zero-order chi connectivity index (χ0) is 12.0. The number of rotatable bonds is 3. The highest BCUT2D eigenvalue weighted by molar-refractivity contribution is 5.76. The number of primary amides is 1. The van der Waals surface area contributed by atoms with Gasteiger partial charge < -0.3 is 15.2 Å². The molecule has 84 valence electrons. The van der Waals surface area contributed by atoms with E-state index in [1.165, 1.54) is 0 Å². The van der Waals surface area contributed by atoms with Gasteiger partial charge in [0, 0.05) is 11.6 Å². The number of nitrogens with two attached hydrogens (primary N) is 1.